The molecule has 2 aliphatic carbocycles. The standard InChI is InChI=1S/C23H30ClN3/c1-15-10-16-12-17(11-15)22-21(13-16)27-20-14-18(24)6-7-19(20)23(22)26-9-5-3-2-4-8-25/h6-7,10,14,16-17H,2-5,8-9,11-13,25H2,1H3,(H,26,27)/t16-,17+/m0/s1. The van der Waals surface area contributed by atoms with Gasteiger partial charge in [-0.15, -0.1) is 0 Å². The Balaban J connectivity index is 1.66. The second kappa shape index (κ2) is 8.20. The van der Waals surface area contributed by atoms with E-state index in [0.717, 1.165) is 42.9 Å². The third-order valence-corrected chi connectivity index (χ3v) is 6.27. The molecule has 0 spiro atoms. The van der Waals surface area contributed by atoms with Gasteiger partial charge in [-0.1, -0.05) is 36.1 Å². The lowest BCUT2D eigenvalue weighted by Crippen LogP contribution is -2.24. The topological polar surface area (TPSA) is 50.9 Å². The van der Waals surface area contributed by atoms with Crippen LogP contribution in [0.2, 0.25) is 5.02 Å². The maximum atomic E-state index is 6.26. The summed E-state index contributed by atoms with van der Waals surface area (Å²) in [5.74, 6) is 1.24. The van der Waals surface area contributed by atoms with E-state index >= 15 is 0 Å². The minimum absolute atomic E-state index is 0.594. The maximum Gasteiger partial charge on any atom is 0.0741 e. The average Bonchev–Trinajstić information content (AvgIpc) is 2.63. The van der Waals surface area contributed by atoms with Crippen molar-refractivity contribution in [3.05, 3.63) is 46.1 Å². The molecule has 144 valence electrons. The molecular weight excluding hydrogens is 354 g/mol. The van der Waals surface area contributed by atoms with Gasteiger partial charge in [0.1, 0.15) is 0 Å². The summed E-state index contributed by atoms with van der Waals surface area (Å²) in [6.45, 7) is 4.08. The number of hydrogen-bond acceptors (Lipinski definition) is 3. The number of nitrogens with one attached hydrogen (secondary N) is 1. The first-order valence-corrected chi connectivity index (χ1v) is 10.8. The van der Waals surface area contributed by atoms with Crippen molar-refractivity contribution in [3.63, 3.8) is 0 Å². The van der Waals surface area contributed by atoms with E-state index < -0.39 is 0 Å². The van der Waals surface area contributed by atoms with Crippen LogP contribution in [-0.2, 0) is 6.42 Å². The fraction of sp³-hybridized carbons (Fsp3) is 0.522. The van der Waals surface area contributed by atoms with Crippen LogP contribution in [0.3, 0.4) is 0 Å². The molecule has 27 heavy (non-hydrogen) atoms. The molecule has 3 nitrogen and oxygen atoms in total. The van der Waals surface area contributed by atoms with Crippen LogP contribution in [0.1, 0.15) is 62.6 Å². The fourth-order valence-corrected chi connectivity index (χ4v) is 5.08. The molecule has 0 unspecified atom stereocenters. The van der Waals surface area contributed by atoms with Crippen LogP contribution in [0.25, 0.3) is 10.9 Å². The number of rotatable bonds is 7. The first-order valence-electron chi connectivity index (χ1n) is 10.4. The number of hydrogen-bond donors (Lipinski definition) is 2. The van der Waals surface area contributed by atoms with E-state index in [1.54, 1.807) is 0 Å². The van der Waals surface area contributed by atoms with Crippen LogP contribution in [0.5, 0.6) is 0 Å². The Labute approximate surface area is 167 Å². The van der Waals surface area contributed by atoms with Gasteiger partial charge in [0.15, 0.2) is 0 Å². The van der Waals surface area contributed by atoms with Gasteiger partial charge in [-0.2, -0.15) is 0 Å². The quantitative estimate of drug-likeness (QED) is 0.468. The summed E-state index contributed by atoms with van der Waals surface area (Å²) in [6, 6.07) is 6.14. The number of pyridine rings is 1. The fourth-order valence-electron chi connectivity index (χ4n) is 4.91. The number of halogens is 1. The van der Waals surface area contributed by atoms with Crippen LogP contribution < -0.4 is 11.1 Å². The van der Waals surface area contributed by atoms with Crippen molar-refractivity contribution in [2.24, 2.45) is 11.7 Å². The summed E-state index contributed by atoms with van der Waals surface area (Å²) >= 11 is 6.26. The molecule has 0 fully saturated rings. The van der Waals surface area contributed by atoms with E-state index in [9.17, 15) is 0 Å². The summed E-state index contributed by atoms with van der Waals surface area (Å²) in [6.07, 6.45) is 10.7. The summed E-state index contributed by atoms with van der Waals surface area (Å²) in [5, 5.41) is 5.77. The summed E-state index contributed by atoms with van der Waals surface area (Å²) in [5.41, 5.74) is 12.2. The van der Waals surface area contributed by atoms with Gasteiger partial charge in [0.2, 0.25) is 0 Å². The highest BCUT2D eigenvalue weighted by molar-refractivity contribution is 6.31. The average molecular weight is 384 g/mol. The number of benzene rings is 1. The maximum absolute atomic E-state index is 6.26. The van der Waals surface area contributed by atoms with E-state index in [-0.39, 0.29) is 0 Å². The molecular formula is C23H30ClN3. The zero-order valence-electron chi connectivity index (χ0n) is 16.2. The predicted molar refractivity (Wildman–Crippen MR) is 116 cm³/mol. The lowest BCUT2D eigenvalue weighted by molar-refractivity contribution is 0.433. The lowest BCUT2D eigenvalue weighted by Gasteiger charge is -2.36. The summed E-state index contributed by atoms with van der Waals surface area (Å²) in [7, 11) is 0. The third-order valence-electron chi connectivity index (χ3n) is 6.04. The molecule has 2 aliphatic rings. The molecule has 2 bridgehead atoms. The Hall–Kier alpha value is -1.58. The van der Waals surface area contributed by atoms with Gasteiger partial charge in [-0.05, 0) is 75.6 Å². The number of allylic oxidation sites excluding steroid dienone is 2. The van der Waals surface area contributed by atoms with E-state index in [1.165, 1.54) is 53.6 Å². The van der Waals surface area contributed by atoms with E-state index in [4.69, 9.17) is 22.3 Å². The summed E-state index contributed by atoms with van der Waals surface area (Å²) < 4.78 is 0. The van der Waals surface area contributed by atoms with Gasteiger partial charge in [-0.25, -0.2) is 0 Å². The molecule has 3 N–H and O–H groups in total. The van der Waals surface area contributed by atoms with Crippen molar-refractivity contribution in [1.82, 2.24) is 4.98 Å². The van der Waals surface area contributed by atoms with Crippen molar-refractivity contribution < 1.29 is 0 Å². The highest BCUT2D eigenvalue weighted by Crippen LogP contribution is 2.47. The van der Waals surface area contributed by atoms with Crippen LogP contribution in [0, 0.1) is 5.92 Å². The first kappa shape index (κ1) is 18.8. The molecule has 0 radical (unpaired) electrons. The number of anilines is 1. The molecule has 4 rings (SSSR count). The molecule has 1 aromatic heterocycles. The van der Waals surface area contributed by atoms with Crippen molar-refractivity contribution in [1.29, 1.82) is 0 Å². The van der Waals surface area contributed by atoms with Gasteiger partial charge in [-0.3, -0.25) is 4.98 Å². The third kappa shape index (κ3) is 4.00. The Morgan fingerprint density at radius 1 is 1.19 bits per heavy atom. The number of aromatic nitrogens is 1. The second-order valence-corrected chi connectivity index (χ2v) is 8.69. The molecule has 2 atom stereocenters. The van der Waals surface area contributed by atoms with Gasteiger partial charge < -0.3 is 11.1 Å². The van der Waals surface area contributed by atoms with E-state index in [0.29, 0.717) is 11.8 Å². The SMILES string of the molecule is CC1=C[C@@H]2Cc3nc4cc(Cl)ccc4c(NCCCCCCN)c3[C@H](C1)C2. The lowest BCUT2D eigenvalue weighted by atomic mass is 9.71. The number of nitrogens with zero attached hydrogens (tertiary/aromatic N) is 1. The van der Waals surface area contributed by atoms with E-state index in [1.807, 2.05) is 12.1 Å². The normalized spacial score (nSPS) is 21.1. The van der Waals surface area contributed by atoms with Gasteiger partial charge >= 0.3 is 0 Å². The van der Waals surface area contributed by atoms with E-state index in [2.05, 4.69) is 24.4 Å². The smallest absolute Gasteiger partial charge is 0.0741 e. The van der Waals surface area contributed by atoms with Gasteiger partial charge in [0.05, 0.1) is 5.52 Å². The second-order valence-electron chi connectivity index (χ2n) is 8.25. The molecule has 1 heterocycles. The van der Waals surface area contributed by atoms with Crippen molar-refractivity contribution in [2.45, 2.75) is 57.8 Å². The summed E-state index contributed by atoms with van der Waals surface area (Å²) in [4.78, 5) is 5.05. The first-order chi connectivity index (χ1) is 13.2. The van der Waals surface area contributed by atoms with Crippen LogP contribution in [-0.4, -0.2) is 18.1 Å². The number of unbranched alkanes of at least 4 members (excludes halogenated alkanes) is 3. The zero-order valence-corrected chi connectivity index (χ0v) is 17.0. The minimum Gasteiger partial charge on any atom is -0.384 e. The molecule has 0 amide bonds. The van der Waals surface area contributed by atoms with Crippen molar-refractivity contribution in [2.75, 3.05) is 18.4 Å². The highest BCUT2D eigenvalue weighted by Gasteiger charge is 2.33. The molecule has 1 aromatic carbocycles. The largest absolute Gasteiger partial charge is 0.384 e. The molecule has 0 saturated carbocycles. The Bertz CT molecular complexity index is 858. The molecule has 4 heteroatoms. The minimum atomic E-state index is 0.594. The monoisotopic (exact) mass is 383 g/mol. The zero-order chi connectivity index (χ0) is 18.8. The van der Waals surface area contributed by atoms with Crippen LogP contribution in [0.15, 0.2) is 29.8 Å². The van der Waals surface area contributed by atoms with Gasteiger partial charge in [0, 0.05) is 33.9 Å². The Morgan fingerprint density at radius 3 is 2.89 bits per heavy atom. The Kier molecular flexibility index (Phi) is 5.70. The van der Waals surface area contributed by atoms with Crippen LogP contribution >= 0.6 is 11.6 Å². The van der Waals surface area contributed by atoms with Crippen LogP contribution in [0.4, 0.5) is 5.69 Å². The Morgan fingerprint density at radius 2 is 2.04 bits per heavy atom. The van der Waals surface area contributed by atoms with Crippen molar-refractivity contribution in [3.8, 4) is 0 Å². The van der Waals surface area contributed by atoms with Crippen molar-refractivity contribution >= 4 is 28.2 Å². The molecule has 0 aliphatic heterocycles. The highest BCUT2D eigenvalue weighted by atomic mass is 35.5. The van der Waals surface area contributed by atoms with Gasteiger partial charge in [0.25, 0.3) is 0 Å². The molecule has 2 aromatic rings. The number of fused-ring (bicyclic) bond motifs is 5. The predicted octanol–water partition coefficient (Wildman–Crippen LogP) is 5.82. The molecule has 0 saturated heterocycles. The number of nitrogens with two attached hydrogens (primary N) is 1.